The second-order valence-electron chi connectivity index (χ2n) is 4.95. The zero-order valence-electron chi connectivity index (χ0n) is 11.1. The van der Waals surface area contributed by atoms with Crippen LogP contribution in [0, 0.1) is 5.41 Å². The molecule has 8 heteroatoms. The van der Waals surface area contributed by atoms with E-state index in [1.165, 1.54) is 6.20 Å². The highest BCUT2D eigenvalue weighted by molar-refractivity contribution is 7.85. The van der Waals surface area contributed by atoms with Gasteiger partial charge in [0, 0.05) is 31.9 Å². The summed E-state index contributed by atoms with van der Waals surface area (Å²) in [6.45, 7) is 1.96. The Balaban J connectivity index is 2.16. The molecule has 0 saturated carbocycles. The van der Waals surface area contributed by atoms with Crippen LogP contribution in [0.3, 0.4) is 0 Å². The Morgan fingerprint density at radius 1 is 1.40 bits per heavy atom. The van der Waals surface area contributed by atoms with Crippen molar-refractivity contribution in [1.29, 1.82) is 0 Å². The minimum Gasteiger partial charge on any atom is -0.378 e. The van der Waals surface area contributed by atoms with Crippen molar-refractivity contribution in [1.82, 2.24) is 4.90 Å². The molecule has 2 rings (SSSR count). The summed E-state index contributed by atoms with van der Waals surface area (Å²) >= 11 is 0. The summed E-state index contributed by atoms with van der Waals surface area (Å²) in [6.07, 6.45) is 5.13. The maximum atomic E-state index is 12.7. The van der Waals surface area contributed by atoms with Crippen LogP contribution in [0.2, 0.25) is 0 Å². The molecule has 2 heterocycles. The van der Waals surface area contributed by atoms with Gasteiger partial charge in [-0.1, -0.05) is 6.08 Å². The number of nitrogens with zero attached hydrogens (tertiary/aromatic N) is 2. The van der Waals surface area contributed by atoms with Crippen molar-refractivity contribution >= 4 is 22.2 Å². The second kappa shape index (κ2) is 6.02. The van der Waals surface area contributed by atoms with E-state index < -0.39 is 21.3 Å². The summed E-state index contributed by atoms with van der Waals surface area (Å²) in [5, 5.41) is 0. The second-order valence-corrected chi connectivity index (χ2v) is 6.52. The van der Waals surface area contributed by atoms with Gasteiger partial charge in [0.1, 0.15) is 0 Å². The zero-order valence-corrected chi connectivity index (χ0v) is 11.9. The molecule has 112 valence electrons. The SMILES string of the molecule is O=C(N1CCOCC1)C1(CCS(=O)(=O)O)C=CN=CC1. The van der Waals surface area contributed by atoms with Crippen LogP contribution in [0.25, 0.3) is 0 Å². The van der Waals surface area contributed by atoms with Crippen LogP contribution in [-0.2, 0) is 19.6 Å². The van der Waals surface area contributed by atoms with E-state index >= 15 is 0 Å². The van der Waals surface area contributed by atoms with Crippen molar-refractivity contribution in [2.45, 2.75) is 12.8 Å². The maximum Gasteiger partial charge on any atom is 0.264 e. The third-order valence-corrected chi connectivity index (χ3v) is 4.29. The lowest BCUT2D eigenvalue weighted by molar-refractivity contribution is -0.143. The number of hydrogen-bond acceptors (Lipinski definition) is 5. The fraction of sp³-hybridized carbons (Fsp3) is 0.667. The first kappa shape index (κ1) is 15.1. The molecule has 20 heavy (non-hydrogen) atoms. The zero-order chi connectivity index (χ0) is 14.6. The van der Waals surface area contributed by atoms with Crippen molar-refractivity contribution in [3.8, 4) is 0 Å². The first-order valence-electron chi connectivity index (χ1n) is 6.45. The molecule has 0 spiro atoms. The minimum absolute atomic E-state index is 0.0462. The van der Waals surface area contributed by atoms with Crippen LogP contribution >= 0.6 is 0 Å². The fourth-order valence-corrected chi connectivity index (χ4v) is 3.00. The smallest absolute Gasteiger partial charge is 0.264 e. The van der Waals surface area contributed by atoms with E-state index in [1.807, 2.05) is 0 Å². The molecule has 2 aliphatic heterocycles. The first-order chi connectivity index (χ1) is 9.43. The van der Waals surface area contributed by atoms with Gasteiger partial charge in [-0.25, -0.2) is 0 Å². The quantitative estimate of drug-likeness (QED) is 0.743. The Bertz CT molecular complexity index is 522. The van der Waals surface area contributed by atoms with Gasteiger partial charge in [-0.05, 0) is 6.42 Å². The monoisotopic (exact) mass is 302 g/mol. The van der Waals surface area contributed by atoms with Crippen LogP contribution in [0.15, 0.2) is 17.3 Å². The number of ether oxygens (including phenoxy) is 1. The predicted molar refractivity (Wildman–Crippen MR) is 73.1 cm³/mol. The number of carbonyl (C=O) groups is 1. The largest absolute Gasteiger partial charge is 0.378 e. The lowest BCUT2D eigenvalue weighted by Gasteiger charge is -2.36. The van der Waals surface area contributed by atoms with Crippen molar-refractivity contribution in [2.75, 3.05) is 32.1 Å². The highest BCUT2D eigenvalue weighted by Crippen LogP contribution is 2.33. The van der Waals surface area contributed by atoms with Crippen molar-refractivity contribution in [3.05, 3.63) is 12.3 Å². The van der Waals surface area contributed by atoms with Gasteiger partial charge in [-0.15, -0.1) is 0 Å². The Morgan fingerprint density at radius 2 is 2.10 bits per heavy atom. The minimum atomic E-state index is -4.10. The molecule has 7 nitrogen and oxygen atoms in total. The third kappa shape index (κ3) is 3.65. The maximum absolute atomic E-state index is 12.7. The van der Waals surface area contributed by atoms with Crippen molar-refractivity contribution < 1.29 is 22.5 Å². The molecule has 1 unspecified atom stereocenters. The molecule has 1 N–H and O–H groups in total. The molecular weight excluding hydrogens is 284 g/mol. The number of rotatable bonds is 4. The molecule has 0 aromatic carbocycles. The van der Waals surface area contributed by atoms with Gasteiger partial charge in [0.15, 0.2) is 0 Å². The van der Waals surface area contributed by atoms with Crippen LogP contribution < -0.4 is 0 Å². The van der Waals surface area contributed by atoms with E-state index in [-0.39, 0.29) is 12.3 Å². The van der Waals surface area contributed by atoms with Crippen LogP contribution in [0.4, 0.5) is 0 Å². The number of amides is 1. The Hall–Kier alpha value is -1.25. The predicted octanol–water partition coefficient (Wildman–Crippen LogP) is 0.0977. The highest BCUT2D eigenvalue weighted by atomic mass is 32.2. The topological polar surface area (TPSA) is 96.3 Å². The number of morpholine rings is 1. The molecule has 0 aliphatic carbocycles. The van der Waals surface area contributed by atoms with Gasteiger partial charge < -0.3 is 9.64 Å². The molecule has 2 aliphatic rings. The Morgan fingerprint density at radius 3 is 2.65 bits per heavy atom. The Labute approximate surface area is 118 Å². The molecule has 0 bridgehead atoms. The van der Waals surface area contributed by atoms with Crippen LogP contribution in [0.1, 0.15) is 12.8 Å². The lowest BCUT2D eigenvalue weighted by Crippen LogP contribution is -2.49. The molecule has 0 radical (unpaired) electrons. The summed E-state index contributed by atoms with van der Waals surface area (Å²) < 4.78 is 36.1. The summed E-state index contributed by atoms with van der Waals surface area (Å²) in [5.41, 5.74) is -0.936. The average molecular weight is 302 g/mol. The van der Waals surface area contributed by atoms with Crippen molar-refractivity contribution in [2.24, 2.45) is 10.4 Å². The van der Waals surface area contributed by atoms with Crippen LogP contribution in [-0.4, -0.2) is 62.0 Å². The Kier molecular flexibility index (Phi) is 4.56. The summed E-state index contributed by atoms with van der Waals surface area (Å²) in [5.74, 6) is -0.576. The van der Waals surface area contributed by atoms with Gasteiger partial charge >= 0.3 is 0 Å². The number of aliphatic imine (C=N–C) groups is 1. The molecule has 1 atom stereocenters. The van der Waals surface area contributed by atoms with Gasteiger partial charge in [-0.2, -0.15) is 8.42 Å². The van der Waals surface area contributed by atoms with E-state index in [2.05, 4.69) is 4.99 Å². The lowest BCUT2D eigenvalue weighted by atomic mass is 9.79. The molecule has 1 saturated heterocycles. The fourth-order valence-electron chi connectivity index (χ4n) is 2.37. The normalized spacial score (nSPS) is 26.8. The van der Waals surface area contributed by atoms with Crippen molar-refractivity contribution in [3.63, 3.8) is 0 Å². The summed E-state index contributed by atoms with van der Waals surface area (Å²) in [4.78, 5) is 18.3. The van der Waals surface area contributed by atoms with Crippen LogP contribution in [0.5, 0.6) is 0 Å². The van der Waals surface area contributed by atoms with E-state index in [0.29, 0.717) is 32.7 Å². The molecule has 1 amide bonds. The van der Waals surface area contributed by atoms with Gasteiger partial charge in [0.25, 0.3) is 10.1 Å². The summed E-state index contributed by atoms with van der Waals surface area (Å²) in [6, 6.07) is 0. The highest BCUT2D eigenvalue weighted by Gasteiger charge is 2.40. The van der Waals surface area contributed by atoms with Gasteiger partial charge in [0.05, 0.1) is 24.4 Å². The molecule has 0 aromatic heterocycles. The average Bonchev–Trinajstić information content (AvgIpc) is 2.46. The number of carbonyl (C=O) groups excluding carboxylic acids is 1. The van der Waals surface area contributed by atoms with Gasteiger partial charge in [-0.3, -0.25) is 14.3 Å². The van der Waals surface area contributed by atoms with E-state index in [9.17, 15) is 13.2 Å². The molecule has 1 fully saturated rings. The van der Waals surface area contributed by atoms with E-state index in [4.69, 9.17) is 9.29 Å². The number of hydrogen-bond donors (Lipinski definition) is 1. The van der Waals surface area contributed by atoms with E-state index in [0.717, 1.165) is 0 Å². The molecular formula is C12H18N2O5S. The summed E-state index contributed by atoms with van der Waals surface area (Å²) in [7, 11) is -4.10. The molecule has 0 aromatic rings. The van der Waals surface area contributed by atoms with Gasteiger partial charge in [0.2, 0.25) is 5.91 Å². The standard InChI is InChI=1S/C12H18N2O5S/c15-11(14-6-8-19-9-7-14)12(1-4-13-5-2-12)3-10-20(16,17)18/h1,4-5H,2-3,6-10H2,(H,16,17,18). The van der Waals surface area contributed by atoms with E-state index in [1.54, 1.807) is 17.2 Å². The third-order valence-electron chi connectivity index (χ3n) is 3.57. The first-order valence-corrected chi connectivity index (χ1v) is 8.06.